The van der Waals surface area contributed by atoms with Crippen molar-refractivity contribution in [3.05, 3.63) is 52.1 Å². The van der Waals surface area contributed by atoms with Gasteiger partial charge < -0.3 is 21.3 Å². The van der Waals surface area contributed by atoms with E-state index in [9.17, 15) is 14.4 Å². The third-order valence-corrected chi connectivity index (χ3v) is 7.83. The fourth-order valence-electron chi connectivity index (χ4n) is 5.33. The lowest BCUT2D eigenvalue weighted by Crippen LogP contribution is -2.58. The van der Waals surface area contributed by atoms with E-state index in [0.717, 1.165) is 43.5 Å². The Kier molecular flexibility index (Phi) is 8.73. The topological polar surface area (TPSA) is 143 Å². The summed E-state index contributed by atoms with van der Waals surface area (Å²) >= 11 is 0. The molecule has 2 fully saturated rings. The van der Waals surface area contributed by atoms with E-state index in [-0.39, 0.29) is 17.8 Å². The van der Waals surface area contributed by atoms with E-state index in [1.807, 2.05) is 12.1 Å². The minimum absolute atomic E-state index is 0.141. The van der Waals surface area contributed by atoms with E-state index in [0.29, 0.717) is 38.3 Å². The van der Waals surface area contributed by atoms with E-state index in [2.05, 4.69) is 35.2 Å². The van der Waals surface area contributed by atoms with E-state index in [1.54, 1.807) is 35.9 Å². The largest absolute Gasteiger partial charge is 0.354 e. The van der Waals surface area contributed by atoms with Crippen molar-refractivity contribution in [3.8, 4) is 5.69 Å². The maximum atomic E-state index is 12.8. The van der Waals surface area contributed by atoms with Gasteiger partial charge in [0, 0.05) is 51.0 Å². The summed E-state index contributed by atoms with van der Waals surface area (Å²) < 4.78 is 1.47. The standard InChI is InChI=1S/C28H42N8O3/c1-19-17-23(8-5-20(19)18-33(4)22-9-6-21(29)7-10-22)36-12-11-24(32-27(36)39)31-26(38)35-15-13-34(14-16-35)25(37)28(2,3)30/h5,8,11-12,17,21-22H,6-7,9-10,13-16,18,29-30H2,1-4H3,(H,31,32,38,39)/t21-,22-. The molecule has 3 amide bonds. The molecule has 2 aliphatic rings. The fourth-order valence-corrected chi connectivity index (χ4v) is 5.33. The Bertz CT molecular complexity index is 1240. The summed E-state index contributed by atoms with van der Waals surface area (Å²) in [4.78, 5) is 47.7. The zero-order valence-electron chi connectivity index (χ0n) is 23.5. The van der Waals surface area contributed by atoms with Crippen LogP contribution in [-0.2, 0) is 11.3 Å². The number of nitrogens with one attached hydrogen (secondary N) is 1. The average Bonchev–Trinajstić information content (AvgIpc) is 2.89. The normalized spacial score (nSPS) is 20.3. The maximum Gasteiger partial charge on any atom is 0.354 e. The fraction of sp³-hybridized carbons (Fsp3) is 0.571. The van der Waals surface area contributed by atoms with Crippen LogP contribution in [0, 0.1) is 6.92 Å². The highest BCUT2D eigenvalue weighted by Gasteiger charge is 2.31. The first-order valence-corrected chi connectivity index (χ1v) is 13.7. The van der Waals surface area contributed by atoms with Gasteiger partial charge in [-0.3, -0.25) is 19.6 Å². The van der Waals surface area contributed by atoms with Gasteiger partial charge in [-0.15, -0.1) is 0 Å². The third kappa shape index (κ3) is 7.03. The number of carbonyl (C=O) groups excluding carboxylic acids is 2. The van der Waals surface area contributed by atoms with Crippen molar-refractivity contribution >= 4 is 17.8 Å². The summed E-state index contributed by atoms with van der Waals surface area (Å²) in [6.07, 6.45) is 6.02. The van der Waals surface area contributed by atoms with Crippen molar-refractivity contribution in [2.24, 2.45) is 11.5 Å². The summed E-state index contributed by atoms with van der Waals surface area (Å²) in [5, 5.41) is 2.70. The highest BCUT2D eigenvalue weighted by molar-refractivity contribution is 5.89. The molecule has 11 heteroatoms. The molecule has 11 nitrogen and oxygen atoms in total. The number of piperazine rings is 1. The summed E-state index contributed by atoms with van der Waals surface area (Å²) in [6.45, 7) is 7.80. The zero-order chi connectivity index (χ0) is 28.3. The number of anilines is 1. The molecule has 1 aromatic carbocycles. The Morgan fingerprint density at radius 3 is 2.31 bits per heavy atom. The van der Waals surface area contributed by atoms with Gasteiger partial charge in [0.1, 0.15) is 5.82 Å². The van der Waals surface area contributed by atoms with Crippen LogP contribution in [0.3, 0.4) is 0 Å². The monoisotopic (exact) mass is 538 g/mol. The summed E-state index contributed by atoms with van der Waals surface area (Å²) in [7, 11) is 2.16. The molecule has 1 aliphatic carbocycles. The second-order valence-electron chi connectivity index (χ2n) is 11.5. The highest BCUT2D eigenvalue weighted by Crippen LogP contribution is 2.24. The van der Waals surface area contributed by atoms with Crippen LogP contribution >= 0.6 is 0 Å². The van der Waals surface area contributed by atoms with Gasteiger partial charge in [-0.05, 0) is 82.8 Å². The van der Waals surface area contributed by atoms with Gasteiger partial charge in [0.2, 0.25) is 5.91 Å². The van der Waals surface area contributed by atoms with Gasteiger partial charge >= 0.3 is 11.7 Å². The van der Waals surface area contributed by atoms with Crippen LogP contribution in [0.5, 0.6) is 0 Å². The summed E-state index contributed by atoms with van der Waals surface area (Å²) in [5.41, 5.74) is 13.6. The van der Waals surface area contributed by atoms with E-state index in [1.165, 1.54) is 10.1 Å². The smallest absolute Gasteiger partial charge is 0.338 e. The molecule has 5 N–H and O–H groups in total. The van der Waals surface area contributed by atoms with Crippen molar-refractivity contribution in [2.75, 3.05) is 38.5 Å². The SMILES string of the molecule is Cc1cc(-n2ccc(NC(=O)N3CCN(C(=O)C(C)(C)N)CC3)nc2=O)ccc1CN(C)[C@H]1CC[C@H](N)CC1. The molecule has 0 radical (unpaired) electrons. The lowest BCUT2D eigenvalue weighted by molar-refractivity contribution is -0.137. The first-order valence-electron chi connectivity index (χ1n) is 13.7. The molecule has 0 bridgehead atoms. The molecule has 212 valence electrons. The van der Waals surface area contributed by atoms with Crippen LogP contribution in [0.15, 0.2) is 35.3 Å². The number of amides is 3. The van der Waals surface area contributed by atoms with Crippen LogP contribution < -0.4 is 22.5 Å². The molecular formula is C28H42N8O3. The third-order valence-electron chi connectivity index (χ3n) is 7.83. The van der Waals surface area contributed by atoms with Crippen LogP contribution in [0.2, 0.25) is 0 Å². The molecule has 1 saturated carbocycles. The second-order valence-corrected chi connectivity index (χ2v) is 11.5. The van der Waals surface area contributed by atoms with Crippen LogP contribution in [0.25, 0.3) is 5.69 Å². The summed E-state index contributed by atoms with van der Waals surface area (Å²) in [5.74, 6) is 0.0440. The first-order chi connectivity index (χ1) is 18.4. The van der Waals surface area contributed by atoms with Gasteiger partial charge in [0.05, 0.1) is 11.2 Å². The zero-order valence-corrected chi connectivity index (χ0v) is 23.5. The lowest BCUT2D eigenvalue weighted by Gasteiger charge is -2.37. The molecule has 2 aromatic rings. The number of hydrogen-bond donors (Lipinski definition) is 3. The minimum atomic E-state index is -0.947. The van der Waals surface area contributed by atoms with Gasteiger partial charge in [-0.25, -0.2) is 9.59 Å². The molecular weight excluding hydrogens is 496 g/mol. The van der Waals surface area contributed by atoms with Crippen molar-refractivity contribution in [3.63, 3.8) is 0 Å². The molecule has 1 aliphatic heterocycles. The van der Waals surface area contributed by atoms with E-state index >= 15 is 0 Å². The molecule has 0 atom stereocenters. The molecule has 0 unspecified atom stereocenters. The number of aromatic nitrogens is 2. The Balaban J connectivity index is 1.35. The number of rotatable bonds is 6. The quantitative estimate of drug-likeness (QED) is 0.508. The Morgan fingerprint density at radius 1 is 1.08 bits per heavy atom. The Labute approximate surface area is 230 Å². The van der Waals surface area contributed by atoms with Gasteiger partial charge in [-0.1, -0.05) is 6.07 Å². The van der Waals surface area contributed by atoms with E-state index < -0.39 is 11.2 Å². The number of hydrogen-bond acceptors (Lipinski definition) is 7. The molecule has 4 rings (SSSR count). The van der Waals surface area contributed by atoms with Gasteiger partial charge in [0.25, 0.3) is 0 Å². The van der Waals surface area contributed by atoms with Crippen molar-refractivity contribution in [2.45, 2.75) is 70.6 Å². The van der Waals surface area contributed by atoms with Crippen LogP contribution in [0.4, 0.5) is 10.6 Å². The average molecular weight is 539 g/mol. The summed E-state index contributed by atoms with van der Waals surface area (Å²) in [6, 6.07) is 8.11. The molecule has 1 saturated heterocycles. The van der Waals surface area contributed by atoms with Crippen molar-refractivity contribution in [1.82, 2.24) is 24.3 Å². The van der Waals surface area contributed by atoms with Crippen LogP contribution in [0.1, 0.15) is 50.7 Å². The predicted octanol–water partition coefficient (Wildman–Crippen LogP) is 1.66. The molecule has 2 heterocycles. The van der Waals surface area contributed by atoms with Crippen molar-refractivity contribution in [1.29, 1.82) is 0 Å². The highest BCUT2D eigenvalue weighted by atomic mass is 16.2. The second kappa shape index (κ2) is 11.8. The van der Waals surface area contributed by atoms with Crippen LogP contribution in [-0.4, -0.2) is 87.0 Å². The Hall–Kier alpha value is -3.28. The number of urea groups is 1. The number of carbonyl (C=O) groups is 2. The van der Waals surface area contributed by atoms with Gasteiger partial charge in [0.15, 0.2) is 0 Å². The minimum Gasteiger partial charge on any atom is -0.338 e. The molecule has 0 spiro atoms. The van der Waals surface area contributed by atoms with Gasteiger partial charge in [-0.2, -0.15) is 4.98 Å². The number of benzene rings is 1. The number of aryl methyl sites for hydroxylation is 1. The molecule has 1 aromatic heterocycles. The maximum absolute atomic E-state index is 12.8. The molecule has 39 heavy (non-hydrogen) atoms. The Morgan fingerprint density at radius 2 is 1.72 bits per heavy atom. The number of nitrogens with zero attached hydrogens (tertiary/aromatic N) is 5. The predicted molar refractivity (Wildman–Crippen MR) is 152 cm³/mol. The number of nitrogens with two attached hydrogens (primary N) is 2. The lowest BCUT2D eigenvalue weighted by atomic mass is 9.90. The van der Waals surface area contributed by atoms with Crippen molar-refractivity contribution < 1.29 is 9.59 Å². The first kappa shape index (κ1) is 28.7. The van der Waals surface area contributed by atoms with E-state index in [4.69, 9.17) is 11.5 Å².